The van der Waals surface area contributed by atoms with E-state index in [0.29, 0.717) is 11.3 Å². The van der Waals surface area contributed by atoms with Gasteiger partial charge in [0.2, 0.25) is 0 Å². The van der Waals surface area contributed by atoms with Crippen LogP contribution in [0, 0.1) is 5.82 Å². The quantitative estimate of drug-likeness (QED) is 0.858. The lowest BCUT2D eigenvalue weighted by atomic mass is 10.2. The standard InChI is InChI=1S/C13H11FO3/c14-10-6-5-9(7-12(10)16)8-17-13-4-2-1-3-11(13)15/h1-7,15-16H,8H2. The van der Waals surface area contributed by atoms with E-state index in [2.05, 4.69) is 0 Å². The third kappa shape index (κ3) is 2.66. The molecule has 0 saturated heterocycles. The highest BCUT2D eigenvalue weighted by atomic mass is 19.1. The largest absolute Gasteiger partial charge is 0.505 e. The molecule has 0 spiro atoms. The molecular weight excluding hydrogens is 223 g/mol. The van der Waals surface area contributed by atoms with Gasteiger partial charge in [0.1, 0.15) is 6.61 Å². The van der Waals surface area contributed by atoms with Gasteiger partial charge in [-0.05, 0) is 29.8 Å². The van der Waals surface area contributed by atoms with Crippen molar-refractivity contribution in [2.45, 2.75) is 6.61 Å². The second-order valence-corrected chi connectivity index (χ2v) is 3.54. The second kappa shape index (κ2) is 4.74. The second-order valence-electron chi connectivity index (χ2n) is 3.54. The number of para-hydroxylation sites is 2. The summed E-state index contributed by atoms with van der Waals surface area (Å²) in [5.74, 6) is -0.699. The molecule has 2 N–H and O–H groups in total. The fraction of sp³-hybridized carbons (Fsp3) is 0.0769. The zero-order valence-corrected chi connectivity index (χ0v) is 8.93. The van der Waals surface area contributed by atoms with Crippen molar-refractivity contribution < 1.29 is 19.3 Å². The molecule has 0 amide bonds. The minimum atomic E-state index is -0.670. The van der Waals surface area contributed by atoms with E-state index in [9.17, 15) is 14.6 Å². The summed E-state index contributed by atoms with van der Waals surface area (Å²) in [5.41, 5.74) is 0.618. The molecule has 0 atom stereocenters. The molecule has 0 radical (unpaired) electrons. The van der Waals surface area contributed by atoms with Gasteiger partial charge in [0.25, 0.3) is 0 Å². The normalized spacial score (nSPS) is 10.2. The average molecular weight is 234 g/mol. The summed E-state index contributed by atoms with van der Waals surface area (Å²) in [6.45, 7) is 0.144. The number of phenols is 2. The summed E-state index contributed by atoms with van der Waals surface area (Å²) in [5, 5.41) is 18.6. The van der Waals surface area contributed by atoms with Crippen molar-refractivity contribution >= 4 is 0 Å². The first-order valence-electron chi connectivity index (χ1n) is 5.05. The Bertz CT molecular complexity index is 526. The SMILES string of the molecule is Oc1cc(COc2ccccc2O)ccc1F. The molecule has 0 aliphatic carbocycles. The van der Waals surface area contributed by atoms with Crippen LogP contribution in [0.2, 0.25) is 0 Å². The predicted octanol–water partition coefficient (Wildman–Crippen LogP) is 2.82. The fourth-order valence-electron chi connectivity index (χ4n) is 1.39. The highest BCUT2D eigenvalue weighted by Gasteiger charge is 2.04. The highest BCUT2D eigenvalue weighted by molar-refractivity contribution is 5.38. The van der Waals surface area contributed by atoms with Gasteiger partial charge >= 0.3 is 0 Å². The Labute approximate surface area is 97.7 Å². The molecule has 2 rings (SSSR count). The molecule has 0 aliphatic rings. The van der Waals surface area contributed by atoms with E-state index in [4.69, 9.17) is 4.74 Å². The van der Waals surface area contributed by atoms with Crippen molar-refractivity contribution in [3.05, 3.63) is 53.8 Å². The Morgan fingerprint density at radius 2 is 1.76 bits per heavy atom. The predicted molar refractivity (Wildman–Crippen MR) is 60.5 cm³/mol. The van der Waals surface area contributed by atoms with Gasteiger partial charge in [-0.1, -0.05) is 18.2 Å². The average Bonchev–Trinajstić information content (AvgIpc) is 2.32. The van der Waals surface area contributed by atoms with E-state index in [1.54, 1.807) is 18.2 Å². The monoisotopic (exact) mass is 234 g/mol. The Morgan fingerprint density at radius 3 is 2.47 bits per heavy atom. The van der Waals surface area contributed by atoms with Crippen molar-refractivity contribution in [3.63, 3.8) is 0 Å². The topological polar surface area (TPSA) is 49.7 Å². The number of aromatic hydroxyl groups is 2. The smallest absolute Gasteiger partial charge is 0.164 e. The molecule has 88 valence electrons. The maximum absolute atomic E-state index is 12.8. The maximum atomic E-state index is 12.8. The number of halogens is 1. The van der Waals surface area contributed by atoms with Crippen molar-refractivity contribution in [3.8, 4) is 17.2 Å². The molecule has 2 aromatic carbocycles. The van der Waals surface area contributed by atoms with Gasteiger partial charge in [-0.2, -0.15) is 0 Å². The molecule has 0 aromatic heterocycles. The summed E-state index contributed by atoms with van der Waals surface area (Å²) in [6, 6.07) is 10.5. The first-order valence-corrected chi connectivity index (χ1v) is 5.05. The first kappa shape index (κ1) is 11.3. The van der Waals surface area contributed by atoms with Crippen LogP contribution in [0.3, 0.4) is 0 Å². The molecule has 2 aromatic rings. The van der Waals surface area contributed by atoms with Gasteiger partial charge in [0, 0.05) is 0 Å². The van der Waals surface area contributed by atoms with Crippen LogP contribution in [-0.2, 0) is 6.61 Å². The highest BCUT2D eigenvalue weighted by Crippen LogP contribution is 2.26. The molecular formula is C13H11FO3. The van der Waals surface area contributed by atoms with Gasteiger partial charge in [-0.3, -0.25) is 0 Å². The number of ether oxygens (including phenoxy) is 1. The van der Waals surface area contributed by atoms with Gasteiger partial charge in [0.05, 0.1) is 0 Å². The summed E-state index contributed by atoms with van der Waals surface area (Å²) in [6.07, 6.45) is 0. The van der Waals surface area contributed by atoms with Gasteiger partial charge in [-0.25, -0.2) is 4.39 Å². The van der Waals surface area contributed by atoms with Crippen LogP contribution in [0.1, 0.15) is 5.56 Å². The number of hydrogen-bond donors (Lipinski definition) is 2. The molecule has 0 heterocycles. The fourth-order valence-corrected chi connectivity index (χ4v) is 1.39. The molecule has 0 unspecified atom stereocenters. The molecule has 4 heteroatoms. The molecule has 0 aliphatic heterocycles. The number of benzene rings is 2. The van der Waals surface area contributed by atoms with Crippen LogP contribution in [0.4, 0.5) is 4.39 Å². The zero-order chi connectivity index (χ0) is 12.3. The van der Waals surface area contributed by atoms with Crippen LogP contribution in [0.25, 0.3) is 0 Å². The van der Waals surface area contributed by atoms with Gasteiger partial charge in [-0.15, -0.1) is 0 Å². The van der Waals surface area contributed by atoms with Crippen molar-refractivity contribution in [1.82, 2.24) is 0 Å². The van der Waals surface area contributed by atoms with E-state index in [1.165, 1.54) is 24.3 Å². The number of rotatable bonds is 3. The minimum Gasteiger partial charge on any atom is -0.505 e. The van der Waals surface area contributed by atoms with Crippen LogP contribution >= 0.6 is 0 Å². The summed E-state index contributed by atoms with van der Waals surface area (Å²) in [7, 11) is 0. The molecule has 3 nitrogen and oxygen atoms in total. The van der Waals surface area contributed by atoms with E-state index in [0.717, 1.165) is 0 Å². The lowest BCUT2D eigenvalue weighted by Crippen LogP contribution is -1.95. The number of phenolic OH excluding ortho intramolecular Hbond substituents is 2. The third-order valence-corrected chi connectivity index (χ3v) is 2.27. The van der Waals surface area contributed by atoms with Crippen molar-refractivity contribution in [2.75, 3.05) is 0 Å². The number of hydrogen-bond acceptors (Lipinski definition) is 3. The summed E-state index contributed by atoms with van der Waals surface area (Å²) < 4.78 is 18.1. The molecule has 17 heavy (non-hydrogen) atoms. The third-order valence-electron chi connectivity index (χ3n) is 2.27. The van der Waals surface area contributed by atoms with Gasteiger partial charge < -0.3 is 14.9 Å². The van der Waals surface area contributed by atoms with Crippen LogP contribution in [-0.4, -0.2) is 10.2 Å². The van der Waals surface area contributed by atoms with Crippen molar-refractivity contribution in [2.24, 2.45) is 0 Å². The summed E-state index contributed by atoms with van der Waals surface area (Å²) in [4.78, 5) is 0. The van der Waals surface area contributed by atoms with E-state index in [-0.39, 0.29) is 12.4 Å². The van der Waals surface area contributed by atoms with Crippen molar-refractivity contribution in [1.29, 1.82) is 0 Å². The maximum Gasteiger partial charge on any atom is 0.164 e. The van der Waals surface area contributed by atoms with E-state index < -0.39 is 11.6 Å². The Kier molecular flexibility index (Phi) is 3.14. The minimum absolute atomic E-state index is 0.0406. The molecule has 0 fully saturated rings. The van der Waals surface area contributed by atoms with Crippen LogP contribution in [0.15, 0.2) is 42.5 Å². The lowest BCUT2D eigenvalue weighted by molar-refractivity contribution is 0.288. The Morgan fingerprint density at radius 1 is 1.00 bits per heavy atom. The van der Waals surface area contributed by atoms with E-state index >= 15 is 0 Å². The zero-order valence-electron chi connectivity index (χ0n) is 8.93. The lowest BCUT2D eigenvalue weighted by Gasteiger charge is -2.08. The first-order chi connectivity index (χ1) is 8.16. The van der Waals surface area contributed by atoms with Crippen LogP contribution < -0.4 is 4.74 Å². The Balaban J connectivity index is 2.08. The Hall–Kier alpha value is -2.23. The van der Waals surface area contributed by atoms with Crippen LogP contribution in [0.5, 0.6) is 17.2 Å². The summed E-state index contributed by atoms with van der Waals surface area (Å²) >= 11 is 0. The van der Waals surface area contributed by atoms with E-state index in [1.807, 2.05) is 0 Å². The molecule has 0 saturated carbocycles. The van der Waals surface area contributed by atoms with Gasteiger partial charge in [0.15, 0.2) is 23.1 Å². The molecule has 0 bridgehead atoms.